The normalized spacial score (nSPS) is 12.3. The van der Waals surface area contributed by atoms with Gasteiger partial charge in [-0.25, -0.2) is 22.4 Å². The summed E-state index contributed by atoms with van der Waals surface area (Å²) in [5.74, 6) is 0.365. The van der Waals surface area contributed by atoms with Crippen molar-refractivity contribution in [3.63, 3.8) is 0 Å². The molecular weight excluding hydrogens is 517 g/mol. The minimum atomic E-state index is -4.55. The molecule has 0 aliphatic heterocycles. The Morgan fingerprint density at radius 1 is 0.974 bits per heavy atom. The van der Waals surface area contributed by atoms with Gasteiger partial charge in [0.1, 0.15) is 0 Å². The average molecular weight is 541 g/mol. The molecule has 5 aromatic rings. The molecule has 3 aromatic heterocycles. The van der Waals surface area contributed by atoms with E-state index in [9.17, 15) is 21.6 Å². The lowest BCUT2D eigenvalue weighted by atomic mass is 10.1. The van der Waals surface area contributed by atoms with Gasteiger partial charge in [-0.3, -0.25) is 4.68 Å². The second-order valence-corrected chi connectivity index (χ2v) is 10.7. The third kappa shape index (κ3) is 4.40. The largest absolute Gasteiger partial charge is 0.416 e. The summed E-state index contributed by atoms with van der Waals surface area (Å²) in [6.45, 7) is 5.83. The number of alkyl halides is 3. The Kier molecular flexibility index (Phi) is 6.02. The van der Waals surface area contributed by atoms with Crippen LogP contribution in [0.2, 0.25) is 0 Å². The molecule has 0 amide bonds. The molecule has 12 heteroatoms. The molecule has 1 N–H and O–H groups in total. The van der Waals surface area contributed by atoms with Crippen molar-refractivity contribution in [2.75, 3.05) is 5.32 Å². The van der Waals surface area contributed by atoms with Crippen LogP contribution in [-0.4, -0.2) is 32.1 Å². The highest BCUT2D eigenvalue weighted by Gasteiger charge is 2.31. The molecule has 2 aromatic carbocycles. The summed E-state index contributed by atoms with van der Waals surface area (Å²) in [6, 6.07) is 10.1. The standard InChI is InChI=1S/C26H23F3N6O2S/c1-15-14-30-25(32-24(15)23-16(2)33-34(4)17(23)3)31-20-7-10-22-18(13-20)11-12-35(22)38(36,37)21-8-5-19(6-9-21)26(27,28)29/h5-14H,1-4H3,(H,30,31,32). The first-order valence-corrected chi connectivity index (χ1v) is 13.0. The van der Waals surface area contributed by atoms with Crippen molar-refractivity contribution in [1.29, 1.82) is 0 Å². The van der Waals surface area contributed by atoms with E-state index in [2.05, 4.69) is 15.4 Å². The van der Waals surface area contributed by atoms with Crippen molar-refractivity contribution in [3.8, 4) is 11.3 Å². The third-order valence-electron chi connectivity index (χ3n) is 6.37. The molecule has 5 rings (SSSR count). The summed E-state index contributed by atoms with van der Waals surface area (Å²) in [6.07, 6.45) is -1.46. The van der Waals surface area contributed by atoms with Gasteiger partial charge in [-0.15, -0.1) is 0 Å². The van der Waals surface area contributed by atoms with Crippen LogP contribution in [0.5, 0.6) is 0 Å². The van der Waals surface area contributed by atoms with Crippen LogP contribution in [0.3, 0.4) is 0 Å². The molecular formula is C26H23F3N6O2S. The first-order valence-electron chi connectivity index (χ1n) is 11.5. The van der Waals surface area contributed by atoms with Crippen molar-refractivity contribution in [3.05, 3.63) is 83.4 Å². The molecule has 0 spiro atoms. The second-order valence-electron chi connectivity index (χ2n) is 8.93. The highest BCUT2D eigenvalue weighted by molar-refractivity contribution is 7.90. The molecule has 0 fully saturated rings. The fourth-order valence-corrected chi connectivity index (χ4v) is 5.69. The molecule has 0 saturated carbocycles. The zero-order valence-corrected chi connectivity index (χ0v) is 21.7. The van der Waals surface area contributed by atoms with Gasteiger partial charge in [-0.1, -0.05) is 0 Å². The molecule has 0 unspecified atom stereocenters. The van der Waals surface area contributed by atoms with E-state index in [1.807, 2.05) is 27.8 Å². The fourth-order valence-electron chi connectivity index (χ4n) is 4.33. The first kappa shape index (κ1) is 25.5. The number of nitrogens with zero attached hydrogens (tertiary/aromatic N) is 5. The molecule has 0 aliphatic rings. The minimum Gasteiger partial charge on any atom is -0.324 e. The van der Waals surface area contributed by atoms with Crippen LogP contribution in [0.4, 0.5) is 24.8 Å². The SMILES string of the molecule is Cc1cnc(Nc2ccc3c(ccn3S(=O)(=O)c3ccc(C(F)(F)F)cc3)c2)nc1-c1c(C)nn(C)c1C. The number of nitrogens with one attached hydrogen (secondary N) is 1. The number of hydrogen-bond donors (Lipinski definition) is 1. The van der Waals surface area contributed by atoms with E-state index in [1.54, 1.807) is 35.1 Å². The van der Waals surface area contributed by atoms with Gasteiger partial charge in [0.05, 0.1) is 27.4 Å². The van der Waals surface area contributed by atoms with Crippen molar-refractivity contribution >= 4 is 32.6 Å². The topological polar surface area (TPSA) is 94.7 Å². The maximum absolute atomic E-state index is 13.1. The van der Waals surface area contributed by atoms with Gasteiger partial charge in [-0.05, 0) is 74.9 Å². The maximum Gasteiger partial charge on any atom is 0.416 e. The monoisotopic (exact) mass is 540 g/mol. The number of aromatic nitrogens is 5. The molecule has 0 radical (unpaired) electrons. The maximum atomic E-state index is 13.1. The molecule has 8 nitrogen and oxygen atoms in total. The number of rotatable bonds is 5. The summed E-state index contributed by atoms with van der Waals surface area (Å²) < 4.78 is 67.8. The van der Waals surface area contributed by atoms with E-state index in [-0.39, 0.29) is 4.90 Å². The molecule has 0 atom stereocenters. The van der Waals surface area contributed by atoms with Gasteiger partial charge in [0.2, 0.25) is 5.95 Å². The Morgan fingerprint density at radius 2 is 1.68 bits per heavy atom. The Bertz CT molecular complexity index is 1790. The quantitative estimate of drug-likeness (QED) is 0.305. The first-order chi connectivity index (χ1) is 17.9. The van der Waals surface area contributed by atoms with Crippen molar-refractivity contribution < 1.29 is 21.6 Å². The number of hydrogen-bond acceptors (Lipinski definition) is 6. The molecule has 0 aliphatic carbocycles. The molecule has 0 bridgehead atoms. The smallest absolute Gasteiger partial charge is 0.324 e. The van der Waals surface area contributed by atoms with E-state index in [0.29, 0.717) is 22.5 Å². The summed E-state index contributed by atoms with van der Waals surface area (Å²) >= 11 is 0. The van der Waals surface area contributed by atoms with Crippen LogP contribution in [-0.2, 0) is 23.2 Å². The van der Waals surface area contributed by atoms with E-state index >= 15 is 0 Å². The summed E-state index contributed by atoms with van der Waals surface area (Å²) in [4.78, 5) is 8.84. The molecule has 3 heterocycles. The second kappa shape index (κ2) is 8.98. The van der Waals surface area contributed by atoms with Gasteiger partial charge in [0, 0.05) is 41.8 Å². The lowest BCUT2D eigenvalue weighted by molar-refractivity contribution is -0.137. The van der Waals surface area contributed by atoms with Gasteiger partial charge >= 0.3 is 6.18 Å². The Labute approximate surface area is 216 Å². The fraction of sp³-hybridized carbons (Fsp3) is 0.192. The summed E-state index contributed by atoms with van der Waals surface area (Å²) in [7, 11) is -2.23. The van der Waals surface area contributed by atoms with E-state index in [0.717, 1.165) is 56.4 Å². The Balaban J connectivity index is 1.45. The molecule has 38 heavy (non-hydrogen) atoms. The van der Waals surface area contributed by atoms with Crippen LogP contribution >= 0.6 is 0 Å². The zero-order chi connectivity index (χ0) is 27.4. The molecule has 196 valence electrons. The third-order valence-corrected chi connectivity index (χ3v) is 8.07. The summed E-state index contributed by atoms with van der Waals surface area (Å²) in [5, 5.41) is 8.24. The van der Waals surface area contributed by atoms with Crippen LogP contribution in [0.25, 0.3) is 22.2 Å². The number of fused-ring (bicyclic) bond motifs is 1. The summed E-state index contributed by atoms with van der Waals surface area (Å²) in [5.41, 5.74) is 4.54. The lowest BCUT2D eigenvalue weighted by Crippen LogP contribution is -2.12. The number of anilines is 2. The Hall–Kier alpha value is -4.19. The van der Waals surface area contributed by atoms with Gasteiger partial charge < -0.3 is 5.32 Å². The van der Waals surface area contributed by atoms with Gasteiger partial charge in [0.15, 0.2) is 0 Å². The lowest BCUT2D eigenvalue weighted by Gasteiger charge is -2.11. The van der Waals surface area contributed by atoms with Gasteiger partial charge in [0.25, 0.3) is 10.0 Å². The molecule has 0 saturated heterocycles. The Morgan fingerprint density at radius 3 is 2.32 bits per heavy atom. The predicted octanol–water partition coefficient (Wildman–Crippen LogP) is 5.76. The highest BCUT2D eigenvalue weighted by Crippen LogP contribution is 2.32. The van der Waals surface area contributed by atoms with Crippen LogP contribution in [0.1, 0.15) is 22.5 Å². The van der Waals surface area contributed by atoms with Crippen molar-refractivity contribution in [1.82, 2.24) is 23.7 Å². The van der Waals surface area contributed by atoms with Crippen LogP contribution in [0.15, 0.2) is 65.8 Å². The van der Waals surface area contributed by atoms with Crippen LogP contribution < -0.4 is 5.32 Å². The van der Waals surface area contributed by atoms with Crippen molar-refractivity contribution in [2.24, 2.45) is 7.05 Å². The minimum absolute atomic E-state index is 0.244. The highest BCUT2D eigenvalue weighted by atomic mass is 32.2. The number of aryl methyl sites for hydroxylation is 3. The number of halogens is 3. The van der Waals surface area contributed by atoms with E-state index in [4.69, 9.17) is 4.98 Å². The van der Waals surface area contributed by atoms with Crippen LogP contribution in [0, 0.1) is 20.8 Å². The van der Waals surface area contributed by atoms with E-state index in [1.165, 1.54) is 6.20 Å². The zero-order valence-electron chi connectivity index (χ0n) is 20.9. The average Bonchev–Trinajstić information content (AvgIpc) is 3.40. The van der Waals surface area contributed by atoms with Gasteiger partial charge in [-0.2, -0.15) is 18.3 Å². The predicted molar refractivity (Wildman–Crippen MR) is 138 cm³/mol. The van der Waals surface area contributed by atoms with E-state index < -0.39 is 21.8 Å². The number of benzene rings is 2. The van der Waals surface area contributed by atoms with Crippen molar-refractivity contribution in [2.45, 2.75) is 31.8 Å².